The molecule has 0 radical (unpaired) electrons. The van der Waals surface area contributed by atoms with Crippen molar-refractivity contribution in [2.45, 2.75) is 331 Å². The fraction of sp³-hybridized carbons (Fsp3) is 0.743. The Labute approximate surface area is 534 Å². The van der Waals surface area contributed by atoms with Gasteiger partial charge >= 0.3 is 0 Å². The fourth-order valence-electron chi connectivity index (χ4n) is 10.9. The number of amides is 1. The van der Waals surface area contributed by atoms with Gasteiger partial charge in [-0.25, -0.2) is 0 Å². The van der Waals surface area contributed by atoms with Crippen LogP contribution >= 0.6 is 0 Å². The number of hydrogen-bond acceptors (Lipinski definition) is 13. The van der Waals surface area contributed by atoms with E-state index in [1.807, 2.05) is 6.08 Å². The summed E-state index contributed by atoms with van der Waals surface area (Å²) in [7, 11) is 0. The van der Waals surface area contributed by atoms with Crippen LogP contribution in [0.15, 0.2) is 109 Å². The van der Waals surface area contributed by atoms with Gasteiger partial charge in [0, 0.05) is 6.42 Å². The molecule has 9 N–H and O–H groups in total. The smallest absolute Gasteiger partial charge is 0.220 e. The van der Waals surface area contributed by atoms with Crippen LogP contribution in [-0.4, -0.2) is 140 Å². The highest BCUT2D eigenvalue weighted by Crippen LogP contribution is 2.30. The highest BCUT2D eigenvalue weighted by atomic mass is 16.7. The summed E-state index contributed by atoms with van der Waals surface area (Å²) in [5.74, 6) is -0.247. The molecule has 0 aromatic heterocycles. The maximum absolute atomic E-state index is 13.3. The lowest BCUT2D eigenvalue weighted by Crippen LogP contribution is -2.65. The molecule has 12 atom stereocenters. The Kier molecular flexibility index (Phi) is 52.8. The van der Waals surface area contributed by atoms with Crippen LogP contribution in [-0.2, 0) is 23.7 Å². The van der Waals surface area contributed by atoms with Crippen LogP contribution < -0.4 is 5.32 Å². The minimum absolute atomic E-state index is 0.247. The van der Waals surface area contributed by atoms with Crippen molar-refractivity contribution < 1.29 is 64.6 Å². The number of carbonyl (C=O) groups excluding carboxylic acids is 1. The number of unbranched alkanes of at least 4 members (excludes halogenated alkanes) is 27. The van der Waals surface area contributed by atoms with E-state index >= 15 is 0 Å². The molecule has 0 saturated carbocycles. The van der Waals surface area contributed by atoms with Crippen LogP contribution in [0.5, 0.6) is 0 Å². The first kappa shape index (κ1) is 80.7. The quantitative estimate of drug-likeness (QED) is 0.0204. The zero-order valence-corrected chi connectivity index (χ0v) is 54.9. The number of nitrogens with one attached hydrogen (secondary N) is 1. The fourth-order valence-corrected chi connectivity index (χ4v) is 10.9. The van der Waals surface area contributed by atoms with Gasteiger partial charge in [-0.2, -0.15) is 0 Å². The summed E-state index contributed by atoms with van der Waals surface area (Å²) < 4.78 is 22.8. The highest BCUT2D eigenvalue weighted by Gasteiger charge is 2.51. The molecule has 2 saturated heterocycles. The number of hydrogen-bond donors (Lipinski definition) is 9. The summed E-state index contributed by atoms with van der Waals surface area (Å²) in [4.78, 5) is 13.3. The Morgan fingerprint density at radius 2 is 0.784 bits per heavy atom. The topological polar surface area (TPSA) is 228 Å². The zero-order chi connectivity index (χ0) is 63.8. The van der Waals surface area contributed by atoms with E-state index < -0.39 is 86.8 Å². The average Bonchev–Trinajstić information content (AvgIpc) is 1.84. The second-order valence-corrected chi connectivity index (χ2v) is 24.3. The number of rotatable bonds is 56. The second-order valence-electron chi connectivity index (χ2n) is 24.3. The van der Waals surface area contributed by atoms with Gasteiger partial charge in [0.15, 0.2) is 12.6 Å². The molecule has 0 aromatic carbocycles. The first-order chi connectivity index (χ1) is 43.1. The number of aliphatic hydroxyl groups excluding tert-OH is 8. The summed E-state index contributed by atoms with van der Waals surface area (Å²) in [6, 6.07) is -0.925. The van der Waals surface area contributed by atoms with Crippen LogP contribution in [0.25, 0.3) is 0 Å². The Morgan fingerprint density at radius 1 is 0.420 bits per heavy atom. The Morgan fingerprint density at radius 3 is 1.20 bits per heavy atom. The summed E-state index contributed by atoms with van der Waals surface area (Å²) in [5, 5.41) is 87.4. The van der Waals surface area contributed by atoms with Gasteiger partial charge in [0.1, 0.15) is 48.8 Å². The molecule has 2 fully saturated rings. The van der Waals surface area contributed by atoms with E-state index in [4.69, 9.17) is 18.9 Å². The van der Waals surface area contributed by atoms with Gasteiger partial charge in [0.25, 0.3) is 0 Å². The molecule has 2 aliphatic heterocycles. The lowest BCUT2D eigenvalue weighted by molar-refractivity contribution is -0.359. The third kappa shape index (κ3) is 41.2. The molecule has 14 heteroatoms. The first-order valence-electron chi connectivity index (χ1n) is 35.1. The molecule has 0 aromatic rings. The minimum Gasteiger partial charge on any atom is -0.394 e. The lowest BCUT2D eigenvalue weighted by Gasteiger charge is -2.46. The van der Waals surface area contributed by atoms with Crippen LogP contribution in [0.3, 0.4) is 0 Å². The van der Waals surface area contributed by atoms with Gasteiger partial charge in [-0.05, 0) is 83.5 Å². The Balaban J connectivity index is 1.67. The summed E-state index contributed by atoms with van der Waals surface area (Å²) >= 11 is 0. The van der Waals surface area contributed by atoms with E-state index in [-0.39, 0.29) is 18.9 Å². The van der Waals surface area contributed by atoms with Crippen molar-refractivity contribution in [2.24, 2.45) is 0 Å². The van der Waals surface area contributed by atoms with Crippen molar-refractivity contribution in [1.82, 2.24) is 5.32 Å². The van der Waals surface area contributed by atoms with E-state index in [1.54, 1.807) is 6.08 Å². The van der Waals surface area contributed by atoms with Gasteiger partial charge in [0.05, 0.1) is 32.0 Å². The van der Waals surface area contributed by atoms with Gasteiger partial charge in [-0.1, -0.05) is 277 Å². The van der Waals surface area contributed by atoms with Crippen molar-refractivity contribution in [2.75, 3.05) is 19.8 Å². The van der Waals surface area contributed by atoms with E-state index in [1.165, 1.54) is 135 Å². The number of allylic oxidation sites excluding steroid dienone is 17. The molecular weight excluding hydrogens is 1110 g/mol. The number of carbonyl (C=O) groups is 1. The van der Waals surface area contributed by atoms with E-state index in [2.05, 4.69) is 116 Å². The van der Waals surface area contributed by atoms with Gasteiger partial charge < -0.3 is 65.1 Å². The number of ether oxygens (including phenoxy) is 4. The molecule has 12 unspecified atom stereocenters. The third-order valence-electron chi connectivity index (χ3n) is 16.5. The van der Waals surface area contributed by atoms with Crippen LogP contribution in [0.1, 0.15) is 258 Å². The summed E-state index contributed by atoms with van der Waals surface area (Å²) in [6.45, 7) is 2.69. The van der Waals surface area contributed by atoms with Gasteiger partial charge in [-0.3, -0.25) is 4.79 Å². The van der Waals surface area contributed by atoms with Crippen LogP contribution in [0.4, 0.5) is 0 Å². The Hall–Kier alpha value is -3.35. The molecule has 0 spiro atoms. The van der Waals surface area contributed by atoms with Crippen LogP contribution in [0.2, 0.25) is 0 Å². The van der Waals surface area contributed by atoms with Crippen LogP contribution in [0, 0.1) is 0 Å². The first-order valence-corrected chi connectivity index (χ1v) is 35.1. The number of aliphatic hydroxyl groups is 8. The molecule has 2 rings (SSSR count). The van der Waals surface area contributed by atoms with Gasteiger partial charge in [-0.15, -0.1) is 0 Å². The maximum Gasteiger partial charge on any atom is 0.220 e. The molecular formula is C74H127NO13. The Bertz CT molecular complexity index is 1890. The molecule has 0 bridgehead atoms. The maximum atomic E-state index is 13.3. The molecule has 14 nitrogen and oxygen atoms in total. The SMILES string of the molecule is CC/C=C\C/C=C\C/C=C\C/C=C\C/C=C\C/C=C\C/C=C\C/C=C\CCCCCCCCCCCCC(=O)NC(COC1OC(CO)C(OC2OC(CO)C(O)C(O)C2O)C(O)C1O)C(O)/C=C/CCCCCCCCCCCCCCCCCCC. The van der Waals surface area contributed by atoms with E-state index in [0.29, 0.717) is 6.42 Å². The molecule has 0 aliphatic carbocycles. The second kappa shape index (κ2) is 57.5. The zero-order valence-electron chi connectivity index (χ0n) is 54.9. The van der Waals surface area contributed by atoms with Crippen molar-refractivity contribution in [3.8, 4) is 0 Å². The summed E-state index contributed by atoms with van der Waals surface area (Å²) in [6.07, 6.45) is 65.6. The lowest BCUT2D eigenvalue weighted by atomic mass is 9.97. The average molecular weight is 1240 g/mol. The molecule has 2 aliphatic rings. The standard InChI is InChI=1S/C74H127NO13/c1-3-5-7-9-11-13-15-17-19-21-23-24-25-26-27-28-29-30-31-32-33-34-35-36-37-38-40-42-44-46-48-50-52-54-56-58-66(79)75-62(63(78)57-55-53-51-49-47-45-43-41-39-22-20-18-16-14-12-10-8-6-4-2)61-85-73-71(84)69(82)72(65(60-77)87-73)88-74-70(83)68(81)67(80)64(59-76)86-74/h5,7,11,13,17,19,23-24,26-27,29-30,32-33,35-36,55,57,62-65,67-74,76-78,80-84H,3-4,6,8-10,12,14-16,18,20-22,25,28,31,34,37-54,56,58-61H2,1-2H3,(H,75,79)/b7-5-,13-11-,19-17-,24-23-,27-26-,30-29-,33-32-,36-35-,57-55+. The minimum atomic E-state index is -1.79. The summed E-state index contributed by atoms with van der Waals surface area (Å²) in [5.41, 5.74) is 0. The molecule has 506 valence electrons. The molecule has 88 heavy (non-hydrogen) atoms. The van der Waals surface area contributed by atoms with E-state index in [9.17, 15) is 45.6 Å². The largest absolute Gasteiger partial charge is 0.394 e. The van der Waals surface area contributed by atoms with Crippen molar-refractivity contribution in [1.29, 1.82) is 0 Å². The van der Waals surface area contributed by atoms with E-state index in [0.717, 1.165) is 96.3 Å². The molecule has 1 amide bonds. The highest BCUT2D eigenvalue weighted by molar-refractivity contribution is 5.76. The predicted octanol–water partition coefficient (Wildman–Crippen LogP) is 14.3. The molecule has 2 heterocycles. The predicted molar refractivity (Wildman–Crippen MR) is 359 cm³/mol. The normalized spacial score (nSPS) is 23.8. The van der Waals surface area contributed by atoms with Gasteiger partial charge in [0.2, 0.25) is 5.91 Å². The van der Waals surface area contributed by atoms with Crippen molar-refractivity contribution in [3.05, 3.63) is 109 Å². The monoisotopic (exact) mass is 1240 g/mol. The van der Waals surface area contributed by atoms with Crippen molar-refractivity contribution in [3.63, 3.8) is 0 Å². The van der Waals surface area contributed by atoms with Crippen molar-refractivity contribution >= 4 is 5.91 Å². The third-order valence-corrected chi connectivity index (χ3v) is 16.5.